The maximum atomic E-state index is 11.2. The standard InChI is InChI=1S/C12H16ClN3O3S/c13-11-9(2-1-3-10(11)20(17,18)19)8-4-6-16(7-5-8)12(14)15/h1-3,8H,4-7H2,(H3,14,15)(H,17,18,19). The van der Waals surface area contributed by atoms with Crippen LogP contribution in [0, 0.1) is 5.41 Å². The quantitative estimate of drug-likeness (QED) is 0.437. The minimum atomic E-state index is -4.32. The molecule has 1 heterocycles. The minimum absolute atomic E-state index is 0.0428. The second-order valence-corrected chi connectivity index (χ2v) is 6.55. The molecule has 4 N–H and O–H groups in total. The van der Waals surface area contributed by atoms with Crippen LogP contribution in [0.25, 0.3) is 0 Å². The van der Waals surface area contributed by atoms with Crippen LogP contribution in [0.2, 0.25) is 5.02 Å². The van der Waals surface area contributed by atoms with E-state index in [1.807, 2.05) is 0 Å². The molecule has 1 aromatic rings. The SMILES string of the molecule is N=C(N)N1CCC(c2cccc(S(=O)(=O)O)c2Cl)CC1. The average Bonchev–Trinajstić information content (AvgIpc) is 2.37. The molecule has 1 fully saturated rings. The molecular formula is C12H16ClN3O3S. The van der Waals surface area contributed by atoms with E-state index in [0.29, 0.717) is 18.7 Å². The topological polar surface area (TPSA) is 107 Å². The van der Waals surface area contributed by atoms with Gasteiger partial charge in [0, 0.05) is 13.1 Å². The van der Waals surface area contributed by atoms with Gasteiger partial charge in [-0.1, -0.05) is 23.7 Å². The molecule has 1 aromatic carbocycles. The van der Waals surface area contributed by atoms with Crippen molar-refractivity contribution in [1.82, 2.24) is 4.90 Å². The second kappa shape index (κ2) is 5.59. The van der Waals surface area contributed by atoms with Crippen LogP contribution in [0.4, 0.5) is 0 Å². The molecule has 8 heteroatoms. The van der Waals surface area contributed by atoms with Gasteiger partial charge in [-0.2, -0.15) is 8.42 Å². The van der Waals surface area contributed by atoms with Crippen molar-refractivity contribution < 1.29 is 13.0 Å². The molecule has 1 aliphatic heterocycles. The Hall–Kier alpha value is -1.31. The number of likely N-dealkylation sites (tertiary alicyclic amines) is 1. The van der Waals surface area contributed by atoms with Crippen LogP contribution in [0.5, 0.6) is 0 Å². The van der Waals surface area contributed by atoms with Crippen LogP contribution in [0.1, 0.15) is 24.3 Å². The number of benzene rings is 1. The van der Waals surface area contributed by atoms with Gasteiger partial charge in [0.25, 0.3) is 10.1 Å². The molecule has 0 unspecified atom stereocenters. The summed E-state index contributed by atoms with van der Waals surface area (Å²) in [6.07, 6.45) is 1.46. The summed E-state index contributed by atoms with van der Waals surface area (Å²) in [5.74, 6) is 0.140. The molecular weight excluding hydrogens is 302 g/mol. The van der Waals surface area contributed by atoms with Crippen molar-refractivity contribution in [2.45, 2.75) is 23.7 Å². The fourth-order valence-electron chi connectivity index (χ4n) is 2.47. The normalized spacial score (nSPS) is 17.2. The molecule has 110 valence electrons. The zero-order valence-corrected chi connectivity index (χ0v) is 12.3. The maximum Gasteiger partial charge on any atom is 0.296 e. The summed E-state index contributed by atoms with van der Waals surface area (Å²) in [6.45, 7) is 1.26. The van der Waals surface area contributed by atoms with Crippen molar-refractivity contribution in [2.24, 2.45) is 5.73 Å². The van der Waals surface area contributed by atoms with E-state index in [0.717, 1.165) is 12.8 Å². The lowest BCUT2D eigenvalue weighted by atomic mass is 9.89. The molecule has 0 radical (unpaired) electrons. The van der Waals surface area contributed by atoms with Crippen molar-refractivity contribution >= 4 is 27.7 Å². The number of nitrogens with zero attached hydrogens (tertiary/aromatic N) is 1. The first kappa shape index (κ1) is 15.1. The van der Waals surface area contributed by atoms with E-state index >= 15 is 0 Å². The molecule has 0 bridgehead atoms. The Morgan fingerprint density at radius 3 is 2.50 bits per heavy atom. The molecule has 0 aliphatic carbocycles. The van der Waals surface area contributed by atoms with Gasteiger partial charge in [0.15, 0.2) is 5.96 Å². The molecule has 1 aliphatic rings. The molecule has 20 heavy (non-hydrogen) atoms. The number of nitrogens with one attached hydrogen (secondary N) is 1. The van der Waals surface area contributed by atoms with Gasteiger partial charge >= 0.3 is 0 Å². The Morgan fingerprint density at radius 2 is 2.00 bits per heavy atom. The molecule has 0 aromatic heterocycles. The fraction of sp³-hybridized carbons (Fsp3) is 0.417. The highest BCUT2D eigenvalue weighted by Gasteiger charge is 2.25. The van der Waals surface area contributed by atoms with Crippen molar-refractivity contribution in [1.29, 1.82) is 5.41 Å². The third-order valence-electron chi connectivity index (χ3n) is 3.55. The van der Waals surface area contributed by atoms with Gasteiger partial charge in [0.1, 0.15) is 4.90 Å². The van der Waals surface area contributed by atoms with Crippen molar-refractivity contribution in [3.63, 3.8) is 0 Å². The lowest BCUT2D eigenvalue weighted by molar-refractivity contribution is 0.309. The summed E-state index contributed by atoms with van der Waals surface area (Å²) < 4.78 is 31.6. The van der Waals surface area contributed by atoms with Crippen LogP contribution in [0.15, 0.2) is 23.1 Å². The first-order chi connectivity index (χ1) is 9.30. The summed E-state index contributed by atoms with van der Waals surface area (Å²) >= 11 is 6.11. The predicted molar refractivity (Wildman–Crippen MR) is 76.7 cm³/mol. The van der Waals surface area contributed by atoms with E-state index in [1.54, 1.807) is 17.0 Å². The Kier molecular flexibility index (Phi) is 4.22. The Labute approximate surface area is 122 Å². The first-order valence-corrected chi connectivity index (χ1v) is 7.97. The highest BCUT2D eigenvalue weighted by molar-refractivity contribution is 7.86. The van der Waals surface area contributed by atoms with Gasteiger partial charge in [-0.3, -0.25) is 9.96 Å². The van der Waals surface area contributed by atoms with Crippen LogP contribution in [-0.2, 0) is 10.1 Å². The Morgan fingerprint density at radius 1 is 1.40 bits per heavy atom. The van der Waals surface area contributed by atoms with Crippen LogP contribution in [-0.4, -0.2) is 36.9 Å². The summed E-state index contributed by atoms with van der Waals surface area (Å²) in [6, 6.07) is 4.62. The van der Waals surface area contributed by atoms with Crippen LogP contribution in [0.3, 0.4) is 0 Å². The number of piperidine rings is 1. The zero-order chi connectivity index (χ0) is 14.9. The zero-order valence-electron chi connectivity index (χ0n) is 10.7. The van der Waals surface area contributed by atoms with E-state index in [4.69, 9.17) is 27.3 Å². The lowest BCUT2D eigenvalue weighted by Gasteiger charge is -2.32. The number of hydrogen-bond donors (Lipinski definition) is 3. The van der Waals surface area contributed by atoms with Crippen molar-refractivity contribution in [3.05, 3.63) is 28.8 Å². The molecule has 0 saturated carbocycles. The van der Waals surface area contributed by atoms with Gasteiger partial charge in [-0.25, -0.2) is 0 Å². The smallest absolute Gasteiger partial charge is 0.296 e. The minimum Gasteiger partial charge on any atom is -0.370 e. The van der Waals surface area contributed by atoms with Crippen LogP contribution < -0.4 is 5.73 Å². The van der Waals surface area contributed by atoms with E-state index < -0.39 is 10.1 Å². The third kappa shape index (κ3) is 3.05. The average molecular weight is 318 g/mol. The van der Waals surface area contributed by atoms with Gasteiger partial charge < -0.3 is 10.6 Å². The number of rotatable bonds is 2. The molecule has 6 nitrogen and oxygen atoms in total. The molecule has 1 saturated heterocycles. The van der Waals surface area contributed by atoms with Gasteiger partial charge in [-0.05, 0) is 30.4 Å². The highest BCUT2D eigenvalue weighted by atomic mass is 35.5. The Bertz CT molecular complexity index is 625. The highest BCUT2D eigenvalue weighted by Crippen LogP contribution is 2.35. The summed E-state index contributed by atoms with van der Waals surface area (Å²) in [5, 5.41) is 7.46. The summed E-state index contributed by atoms with van der Waals surface area (Å²) in [7, 11) is -4.32. The summed E-state index contributed by atoms with van der Waals surface area (Å²) in [5.41, 5.74) is 6.15. The second-order valence-electron chi connectivity index (χ2n) is 4.78. The number of halogens is 1. The maximum absolute atomic E-state index is 11.2. The monoisotopic (exact) mass is 317 g/mol. The van der Waals surface area contributed by atoms with Crippen LogP contribution >= 0.6 is 11.6 Å². The van der Waals surface area contributed by atoms with E-state index in [1.165, 1.54) is 6.07 Å². The molecule has 0 atom stereocenters. The fourth-order valence-corrected chi connectivity index (χ4v) is 3.64. The van der Waals surface area contributed by atoms with Crippen molar-refractivity contribution in [3.8, 4) is 0 Å². The molecule has 0 spiro atoms. The largest absolute Gasteiger partial charge is 0.370 e. The number of guanidine groups is 1. The predicted octanol–water partition coefficient (Wildman–Crippen LogP) is 1.66. The third-order valence-corrected chi connectivity index (χ3v) is 4.98. The van der Waals surface area contributed by atoms with E-state index in [9.17, 15) is 8.42 Å². The van der Waals surface area contributed by atoms with Crippen molar-refractivity contribution in [2.75, 3.05) is 13.1 Å². The lowest BCUT2D eigenvalue weighted by Crippen LogP contribution is -2.41. The Balaban J connectivity index is 2.25. The number of nitrogens with two attached hydrogens (primary N) is 1. The van der Waals surface area contributed by atoms with E-state index in [-0.39, 0.29) is 21.8 Å². The first-order valence-electron chi connectivity index (χ1n) is 6.15. The van der Waals surface area contributed by atoms with Gasteiger partial charge in [0.2, 0.25) is 0 Å². The number of hydrogen-bond acceptors (Lipinski definition) is 3. The molecule has 2 rings (SSSR count). The molecule has 0 amide bonds. The van der Waals surface area contributed by atoms with Gasteiger partial charge in [-0.15, -0.1) is 0 Å². The summed E-state index contributed by atoms with van der Waals surface area (Å²) in [4.78, 5) is 1.50. The van der Waals surface area contributed by atoms with Gasteiger partial charge in [0.05, 0.1) is 5.02 Å². The van der Waals surface area contributed by atoms with E-state index in [2.05, 4.69) is 0 Å².